The minimum atomic E-state index is 0. The number of hydrogen-bond donors (Lipinski definition) is 3. The predicted octanol–water partition coefficient (Wildman–Crippen LogP) is 3.90. The largest absolute Gasteiger partial charge is 0.377 e. The predicted molar refractivity (Wildman–Crippen MR) is 129 cm³/mol. The van der Waals surface area contributed by atoms with Crippen molar-refractivity contribution in [3.63, 3.8) is 0 Å². The number of guanidine groups is 1. The summed E-state index contributed by atoms with van der Waals surface area (Å²) < 4.78 is 6.07. The number of unbranched alkanes of at least 4 members (excludes halogenated alkanes) is 1. The Bertz CT molecular complexity index is 562. The number of nitrogens with zero attached hydrogens (tertiary/aromatic N) is 2. The Morgan fingerprint density at radius 1 is 1.21 bits per heavy atom. The van der Waals surface area contributed by atoms with Gasteiger partial charge in [0.1, 0.15) is 5.82 Å². The average Bonchev–Trinajstić information content (AvgIpc) is 2.67. The maximum atomic E-state index is 6.07. The molecule has 0 aromatic carbocycles. The number of anilines is 1. The average molecular weight is 503 g/mol. The van der Waals surface area contributed by atoms with Gasteiger partial charge in [0.05, 0.1) is 6.10 Å². The Balaban J connectivity index is 0.00000392. The van der Waals surface area contributed by atoms with Crippen LogP contribution in [0.4, 0.5) is 5.82 Å². The second-order valence-corrected chi connectivity index (χ2v) is 8.29. The SMILES string of the molecule is CN=C(NCCCCNc1ccccn1)NCC1CCCOC1C(C)(C)C.I. The molecular formula is C21H38IN5O. The standard InChI is InChI=1S/C21H37N5O.HI/c1-21(2,3)19-17(10-9-15-27-19)16-26-20(22-4)25-14-8-7-13-24-18-11-5-6-12-23-18;/h5-6,11-12,17,19H,7-10,13-16H2,1-4H3,(H,23,24)(H2,22,25,26);1H. The molecule has 2 rings (SSSR count). The van der Waals surface area contributed by atoms with Crippen molar-refractivity contribution >= 4 is 35.8 Å². The third-order valence-electron chi connectivity index (χ3n) is 4.92. The molecule has 3 N–H and O–H groups in total. The highest BCUT2D eigenvalue weighted by molar-refractivity contribution is 14.0. The highest BCUT2D eigenvalue weighted by Gasteiger charge is 2.35. The molecule has 1 fully saturated rings. The Hall–Kier alpha value is -1.09. The molecule has 160 valence electrons. The van der Waals surface area contributed by atoms with Gasteiger partial charge in [-0.2, -0.15) is 0 Å². The summed E-state index contributed by atoms with van der Waals surface area (Å²) in [6, 6.07) is 5.91. The third-order valence-corrected chi connectivity index (χ3v) is 4.92. The van der Waals surface area contributed by atoms with E-state index in [0.717, 1.165) is 57.3 Å². The molecule has 1 saturated heterocycles. The van der Waals surface area contributed by atoms with Crippen molar-refractivity contribution < 1.29 is 4.74 Å². The van der Waals surface area contributed by atoms with Gasteiger partial charge in [0.15, 0.2) is 5.96 Å². The number of rotatable bonds is 8. The fourth-order valence-corrected chi connectivity index (χ4v) is 3.60. The van der Waals surface area contributed by atoms with Crippen molar-refractivity contribution in [1.82, 2.24) is 15.6 Å². The smallest absolute Gasteiger partial charge is 0.190 e. The van der Waals surface area contributed by atoms with Gasteiger partial charge in [-0.3, -0.25) is 4.99 Å². The Morgan fingerprint density at radius 2 is 2.00 bits per heavy atom. The van der Waals surface area contributed by atoms with E-state index in [1.54, 1.807) is 6.20 Å². The molecule has 0 aliphatic carbocycles. The molecule has 2 unspecified atom stereocenters. The Morgan fingerprint density at radius 3 is 2.68 bits per heavy atom. The van der Waals surface area contributed by atoms with Crippen LogP contribution in [0.3, 0.4) is 0 Å². The summed E-state index contributed by atoms with van der Waals surface area (Å²) in [7, 11) is 1.83. The first kappa shape index (κ1) is 24.9. The molecule has 2 atom stereocenters. The van der Waals surface area contributed by atoms with Gasteiger partial charge in [0.2, 0.25) is 0 Å². The number of pyridine rings is 1. The van der Waals surface area contributed by atoms with Crippen molar-refractivity contribution in [3.8, 4) is 0 Å². The number of aliphatic imine (C=N–C) groups is 1. The van der Waals surface area contributed by atoms with Crippen molar-refractivity contribution in [2.45, 2.75) is 52.6 Å². The Labute approximate surface area is 187 Å². The molecule has 28 heavy (non-hydrogen) atoms. The molecule has 0 bridgehead atoms. The van der Waals surface area contributed by atoms with Gasteiger partial charge < -0.3 is 20.7 Å². The summed E-state index contributed by atoms with van der Waals surface area (Å²) in [5.41, 5.74) is 0.171. The molecule has 1 aromatic rings. The van der Waals surface area contributed by atoms with Crippen molar-refractivity contribution in [1.29, 1.82) is 0 Å². The van der Waals surface area contributed by atoms with Crippen molar-refractivity contribution in [2.75, 3.05) is 38.6 Å². The van der Waals surface area contributed by atoms with Crippen LogP contribution in [0.1, 0.15) is 46.5 Å². The van der Waals surface area contributed by atoms with Crippen LogP contribution in [0.25, 0.3) is 0 Å². The number of ether oxygens (including phenoxy) is 1. The molecule has 6 nitrogen and oxygen atoms in total. The van der Waals surface area contributed by atoms with E-state index in [1.165, 1.54) is 6.42 Å². The molecular weight excluding hydrogens is 465 g/mol. The van der Waals surface area contributed by atoms with Crippen LogP contribution in [0.5, 0.6) is 0 Å². The quantitative estimate of drug-likeness (QED) is 0.217. The van der Waals surface area contributed by atoms with Gasteiger partial charge in [0.25, 0.3) is 0 Å². The summed E-state index contributed by atoms with van der Waals surface area (Å²) in [4.78, 5) is 8.62. The van der Waals surface area contributed by atoms with E-state index in [-0.39, 0.29) is 29.4 Å². The highest BCUT2D eigenvalue weighted by Crippen LogP contribution is 2.33. The van der Waals surface area contributed by atoms with Gasteiger partial charge in [-0.15, -0.1) is 24.0 Å². The summed E-state index contributed by atoms with van der Waals surface area (Å²) in [6.07, 6.45) is 6.64. The van der Waals surface area contributed by atoms with Crippen LogP contribution in [-0.4, -0.2) is 50.3 Å². The van der Waals surface area contributed by atoms with Gasteiger partial charge in [-0.1, -0.05) is 26.8 Å². The lowest BCUT2D eigenvalue weighted by atomic mass is 9.78. The van der Waals surface area contributed by atoms with Crippen LogP contribution in [0.15, 0.2) is 29.4 Å². The van der Waals surface area contributed by atoms with E-state index in [2.05, 4.69) is 46.7 Å². The zero-order chi connectivity index (χ0) is 19.5. The maximum absolute atomic E-state index is 6.07. The first-order valence-corrected chi connectivity index (χ1v) is 10.2. The zero-order valence-electron chi connectivity index (χ0n) is 17.8. The molecule has 2 heterocycles. The molecule has 7 heteroatoms. The fourth-order valence-electron chi connectivity index (χ4n) is 3.60. The van der Waals surface area contributed by atoms with Crippen LogP contribution in [0, 0.1) is 11.3 Å². The second kappa shape index (κ2) is 13.2. The van der Waals surface area contributed by atoms with E-state index in [0.29, 0.717) is 12.0 Å². The van der Waals surface area contributed by atoms with Crippen LogP contribution >= 0.6 is 24.0 Å². The lowest BCUT2D eigenvalue weighted by Crippen LogP contribution is -2.47. The number of aromatic nitrogens is 1. The molecule has 1 aliphatic rings. The van der Waals surface area contributed by atoms with E-state index in [1.807, 2.05) is 25.2 Å². The summed E-state index contributed by atoms with van der Waals surface area (Å²) >= 11 is 0. The number of hydrogen-bond acceptors (Lipinski definition) is 4. The molecule has 0 amide bonds. The topological polar surface area (TPSA) is 70.6 Å². The normalized spacial score (nSPS) is 20.2. The highest BCUT2D eigenvalue weighted by atomic mass is 127. The van der Waals surface area contributed by atoms with Gasteiger partial charge in [-0.05, 0) is 43.2 Å². The van der Waals surface area contributed by atoms with E-state index < -0.39 is 0 Å². The van der Waals surface area contributed by atoms with Crippen molar-refractivity contribution in [3.05, 3.63) is 24.4 Å². The lowest BCUT2D eigenvalue weighted by molar-refractivity contribution is -0.0835. The van der Waals surface area contributed by atoms with Gasteiger partial charge in [0, 0.05) is 45.4 Å². The summed E-state index contributed by atoms with van der Waals surface area (Å²) in [5.74, 6) is 2.34. The molecule has 0 radical (unpaired) electrons. The lowest BCUT2D eigenvalue weighted by Gasteiger charge is -2.40. The first-order valence-electron chi connectivity index (χ1n) is 10.2. The monoisotopic (exact) mass is 503 g/mol. The van der Waals surface area contributed by atoms with E-state index in [4.69, 9.17) is 4.74 Å². The third kappa shape index (κ3) is 8.94. The van der Waals surface area contributed by atoms with Gasteiger partial charge in [-0.25, -0.2) is 4.98 Å². The molecule has 0 saturated carbocycles. The summed E-state index contributed by atoms with van der Waals surface area (Å²) in [5, 5.41) is 10.2. The molecule has 0 spiro atoms. The molecule has 1 aromatic heterocycles. The van der Waals surface area contributed by atoms with Crippen LogP contribution in [-0.2, 0) is 4.74 Å². The molecule has 1 aliphatic heterocycles. The number of halogens is 1. The second-order valence-electron chi connectivity index (χ2n) is 8.29. The van der Waals surface area contributed by atoms with Crippen LogP contribution < -0.4 is 16.0 Å². The maximum Gasteiger partial charge on any atom is 0.190 e. The first-order chi connectivity index (χ1) is 13.0. The Kier molecular flexibility index (Phi) is 11.8. The number of nitrogens with one attached hydrogen (secondary N) is 3. The fraction of sp³-hybridized carbons (Fsp3) is 0.714. The van der Waals surface area contributed by atoms with E-state index >= 15 is 0 Å². The van der Waals surface area contributed by atoms with E-state index in [9.17, 15) is 0 Å². The zero-order valence-corrected chi connectivity index (χ0v) is 20.2. The summed E-state index contributed by atoms with van der Waals surface area (Å²) in [6.45, 7) is 10.4. The minimum Gasteiger partial charge on any atom is -0.377 e. The van der Waals surface area contributed by atoms with Crippen LogP contribution in [0.2, 0.25) is 0 Å². The minimum absolute atomic E-state index is 0. The van der Waals surface area contributed by atoms with Crippen molar-refractivity contribution in [2.24, 2.45) is 16.3 Å². The van der Waals surface area contributed by atoms with Gasteiger partial charge >= 0.3 is 0 Å².